The number of halogens is 4. The van der Waals surface area contributed by atoms with Crippen LogP contribution in [0.5, 0.6) is 0 Å². The van der Waals surface area contributed by atoms with Gasteiger partial charge in [-0.3, -0.25) is 9.59 Å². The summed E-state index contributed by atoms with van der Waals surface area (Å²) in [4.78, 5) is 36.0. The summed E-state index contributed by atoms with van der Waals surface area (Å²) in [6, 6.07) is 15.1. The monoisotopic (exact) mass is 638 g/mol. The van der Waals surface area contributed by atoms with Gasteiger partial charge in [-0.05, 0) is 35.4 Å². The van der Waals surface area contributed by atoms with Gasteiger partial charge in [0.05, 0.1) is 18.8 Å². The van der Waals surface area contributed by atoms with Crippen molar-refractivity contribution in [3.05, 3.63) is 77.4 Å². The maximum atomic E-state index is 12.6. The number of carbonyl (C=O) groups excluding carboxylic acids is 2. The Bertz CT molecular complexity index is 1190. The molecule has 1 aromatic heterocycles. The fraction of sp³-hybridized carbons (Fsp3) is 0.296. The molecule has 0 fully saturated rings. The summed E-state index contributed by atoms with van der Waals surface area (Å²) in [5.41, 5.74) is 8.10. The first-order chi connectivity index (χ1) is 20.0. The highest BCUT2D eigenvalue weighted by Gasteiger charge is 2.20. The normalized spacial score (nSPS) is 11.2. The third-order valence-electron chi connectivity index (χ3n) is 5.78. The third-order valence-corrected chi connectivity index (χ3v) is 6.45. The van der Waals surface area contributed by atoms with Gasteiger partial charge in [-0.1, -0.05) is 24.3 Å². The molecule has 0 atom stereocenters. The van der Waals surface area contributed by atoms with E-state index in [0.717, 1.165) is 22.5 Å². The van der Waals surface area contributed by atoms with Gasteiger partial charge in [0.1, 0.15) is 5.69 Å². The van der Waals surface area contributed by atoms with Crippen molar-refractivity contribution in [2.75, 3.05) is 59.5 Å². The molecule has 0 aliphatic heterocycles. The molecule has 0 aliphatic carbocycles. The van der Waals surface area contributed by atoms with E-state index in [9.17, 15) is 9.59 Å². The average Bonchev–Trinajstić information content (AvgIpc) is 3.48. The number of nitrogens with one attached hydrogen (secondary N) is 3. The Morgan fingerprint density at radius 1 is 0.707 bits per heavy atom. The fourth-order valence-corrected chi connectivity index (χ4v) is 4.59. The van der Waals surface area contributed by atoms with Gasteiger partial charge in [-0.2, -0.15) is 10.2 Å². The van der Waals surface area contributed by atoms with E-state index < -0.39 is 11.8 Å². The highest BCUT2D eigenvalue weighted by atomic mass is 35.5. The van der Waals surface area contributed by atoms with E-state index in [1.165, 1.54) is 18.8 Å². The SMILES string of the molecule is O=C(NN=Cc1ccc(N(CCCl)CCCl)cc1)c1nc[nH]c1C(=O)NN=Cc1ccc(N(CCCl)CCCl)cc1. The van der Waals surface area contributed by atoms with E-state index >= 15 is 0 Å². The number of H-pyrrole nitrogens is 1. The smallest absolute Gasteiger partial charge is 0.292 e. The Hall–Kier alpha value is -3.31. The number of imidazole rings is 1. The van der Waals surface area contributed by atoms with Gasteiger partial charge in [-0.15, -0.1) is 46.4 Å². The lowest BCUT2D eigenvalue weighted by atomic mass is 10.2. The number of hydrogen-bond acceptors (Lipinski definition) is 7. The summed E-state index contributed by atoms with van der Waals surface area (Å²) in [6.07, 6.45) is 4.22. The number of benzene rings is 2. The lowest BCUT2D eigenvalue weighted by molar-refractivity contribution is 0.0915. The van der Waals surface area contributed by atoms with Crippen LogP contribution in [0.15, 0.2) is 65.1 Å². The molecule has 0 saturated carbocycles. The van der Waals surface area contributed by atoms with Crippen LogP contribution < -0.4 is 20.7 Å². The number of hydrazone groups is 2. The van der Waals surface area contributed by atoms with Crippen LogP contribution in [0.1, 0.15) is 32.1 Å². The van der Waals surface area contributed by atoms with Crippen LogP contribution in [0.3, 0.4) is 0 Å². The van der Waals surface area contributed by atoms with Gasteiger partial charge in [-0.25, -0.2) is 15.8 Å². The minimum absolute atomic E-state index is 0.0500. The summed E-state index contributed by atoms with van der Waals surface area (Å²) in [7, 11) is 0. The van der Waals surface area contributed by atoms with Crippen molar-refractivity contribution >= 4 is 82.0 Å². The molecule has 0 bridgehead atoms. The number of rotatable bonds is 16. The van der Waals surface area contributed by atoms with Gasteiger partial charge in [0.15, 0.2) is 5.69 Å². The van der Waals surface area contributed by atoms with E-state index in [4.69, 9.17) is 46.4 Å². The minimum atomic E-state index is -0.655. The first kappa shape index (κ1) is 32.2. The standard InChI is InChI=1S/C27H30Cl4N8O2/c28-9-13-38(14-10-29)22-5-1-20(2-6-22)17-34-36-26(40)24-25(33-19-32-24)27(41)37-35-18-21-3-7-23(8-4-21)39(15-11-30)16-12-31/h1-8,17-19H,9-16H2,(H,32,33)(H,36,40)(H,37,41). The number of anilines is 2. The quantitative estimate of drug-likeness (QED) is 0.121. The Labute approximate surface area is 258 Å². The lowest BCUT2D eigenvalue weighted by Gasteiger charge is -2.22. The second kappa shape index (κ2) is 17.5. The number of alkyl halides is 4. The summed E-state index contributed by atoms with van der Waals surface area (Å²) >= 11 is 23.5. The topological polar surface area (TPSA) is 118 Å². The Kier molecular flexibility index (Phi) is 13.7. The largest absolute Gasteiger partial charge is 0.369 e. The number of hydrogen-bond donors (Lipinski definition) is 3. The van der Waals surface area contributed by atoms with Crippen molar-refractivity contribution in [1.82, 2.24) is 20.8 Å². The van der Waals surface area contributed by atoms with Crippen LogP contribution in [0, 0.1) is 0 Å². The van der Waals surface area contributed by atoms with Gasteiger partial charge >= 0.3 is 0 Å². The molecule has 41 heavy (non-hydrogen) atoms. The molecular weight excluding hydrogens is 610 g/mol. The van der Waals surface area contributed by atoms with Gasteiger partial charge in [0.2, 0.25) is 0 Å². The van der Waals surface area contributed by atoms with Crippen LogP contribution in [0.2, 0.25) is 0 Å². The summed E-state index contributed by atoms with van der Waals surface area (Å²) in [5.74, 6) is 0.676. The number of nitrogens with zero attached hydrogens (tertiary/aromatic N) is 5. The maximum absolute atomic E-state index is 12.6. The Morgan fingerprint density at radius 2 is 1.12 bits per heavy atom. The molecule has 3 N–H and O–H groups in total. The number of aromatic nitrogens is 2. The molecule has 3 rings (SSSR count). The zero-order chi connectivity index (χ0) is 29.5. The van der Waals surface area contributed by atoms with Crippen LogP contribution in [0.4, 0.5) is 11.4 Å². The number of carbonyl (C=O) groups is 2. The van der Waals surface area contributed by atoms with E-state index in [-0.39, 0.29) is 11.4 Å². The third kappa shape index (κ3) is 9.93. The summed E-state index contributed by atoms with van der Waals surface area (Å²) in [6.45, 7) is 2.72. The molecule has 0 radical (unpaired) electrons. The highest BCUT2D eigenvalue weighted by Crippen LogP contribution is 2.16. The molecule has 3 aromatic rings. The molecule has 0 unspecified atom stereocenters. The van der Waals surface area contributed by atoms with Crippen LogP contribution in [0.25, 0.3) is 0 Å². The zero-order valence-corrected chi connectivity index (χ0v) is 25.1. The number of aromatic amines is 1. The van der Waals surface area contributed by atoms with Gasteiger partial charge in [0.25, 0.3) is 11.8 Å². The van der Waals surface area contributed by atoms with Crippen molar-refractivity contribution in [2.24, 2.45) is 10.2 Å². The van der Waals surface area contributed by atoms with Crippen LogP contribution >= 0.6 is 46.4 Å². The van der Waals surface area contributed by atoms with Gasteiger partial charge in [0, 0.05) is 61.1 Å². The zero-order valence-electron chi connectivity index (χ0n) is 22.1. The minimum Gasteiger partial charge on any atom is -0.369 e. The van der Waals surface area contributed by atoms with E-state index in [2.05, 4.69) is 40.8 Å². The molecule has 2 amide bonds. The second-order valence-corrected chi connectivity index (χ2v) is 9.95. The predicted molar refractivity (Wildman–Crippen MR) is 169 cm³/mol. The van der Waals surface area contributed by atoms with E-state index in [1.807, 2.05) is 48.5 Å². The number of amides is 2. The summed E-state index contributed by atoms with van der Waals surface area (Å²) < 4.78 is 0. The summed E-state index contributed by atoms with van der Waals surface area (Å²) in [5, 5.41) is 7.96. The van der Waals surface area contributed by atoms with Crippen molar-refractivity contribution in [2.45, 2.75) is 0 Å². The molecule has 0 saturated heterocycles. The van der Waals surface area contributed by atoms with Crippen molar-refractivity contribution in [3.8, 4) is 0 Å². The van der Waals surface area contributed by atoms with Crippen molar-refractivity contribution < 1.29 is 9.59 Å². The Morgan fingerprint density at radius 3 is 1.54 bits per heavy atom. The predicted octanol–water partition coefficient (Wildman–Crippen LogP) is 4.51. The molecule has 2 aromatic carbocycles. The van der Waals surface area contributed by atoms with E-state index in [0.29, 0.717) is 49.7 Å². The average molecular weight is 640 g/mol. The maximum Gasteiger partial charge on any atom is 0.292 e. The second-order valence-electron chi connectivity index (χ2n) is 8.44. The van der Waals surface area contributed by atoms with Gasteiger partial charge < -0.3 is 14.8 Å². The van der Waals surface area contributed by atoms with Crippen LogP contribution in [-0.4, -0.2) is 83.9 Å². The molecule has 218 valence electrons. The Balaban J connectivity index is 1.55. The van der Waals surface area contributed by atoms with E-state index in [1.54, 1.807) is 0 Å². The fourth-order valence-electron chi connectivity index (χ4n) is 3.77. The molecule has 1 heterocycles. The molecule has 14 heteroatoms. The lowest BCUT2D eigenvalue weighted by Crippen LogP contribution is -2.27. The van der Waals surface area contributed by atoms with Crippen molar-refractivity contribution in [3.63, 3.8) is 0 Å². The first-order valence-electron chi connectivity index (χ1n) is 12.6. The molecular formula is C27H30Cl4N8O2. The first-order valence-corrected chi connectivity index (χ1v) is 14.8. The van der Waals surface area contributed by atoms with Crippen LogP contribution in [-0.2, 0) is 0 Å². The molecule has 0 aliphatic rings. The molecule has 0 spiro atoms. The molecule has 10 nitrogen and oxygen atoms in total. The highest BCUT2D eigenvalue weighted by molar-refractivity contribution is 6.19. The van der Waals surface area contributed by atoms with Crippen molar-refractivity contribution in [1.29, 1.82) is 0 Å².